The molecule has 0 radical (unpaired) electrons. The average Bonchev–Trinajstić information content (AvgIpc) is 2.37. The number of carboxylic acid groups (broad SMARTS) is 1. The molecule has 0 rings (SSSR count). The predicted molar refractivity (Wildman–Crippen MR) is 79.0 cm³/mol. The monoisotopic (exact) mass is 277 g/mol. The van der Waals surface area contributed by atoms with Crippen LogP contribution in [-0.2, 0) is 9.53 Å². The number of carboxylic acids is 1. The van der Waals surface area contributed by atoms with Gasteiger partial charge in [0, 0.05) is 5.75 Å². The molecule has 5 heteroatoms. The third-order valence-electron chi connectivity index (χ3n) is 2.25. The Balaban J connectivity index is 0. The first-order valence-corrected chi connectivity index (χ1v) is 7.05. The molecule has 108 valence electrons. The van der Waals surface area contributed by atoms with Crippen molar-refractivity contribution in [3.05, 3.63) is 12.8 Å². The van der Waals surface area contributed by atoms with Crippen LogP contribution in [0.5, 0.6) is 0 Å². The van der Waals surface area contributed by atoms with Crippen LogP contribution in [0.15, 0.2) is 12.8 Å². The van der Waals surface area contributed by atoms with E-state index < -0.39 is 12.0 Å². The lowest BCUT2D eigenvalue weighted by Gasteiger charge is -1.99. The van der Waals surface area contributed by atoms with Gasteiger partial charge in [-0.3, -0.25) is 4.79 Å². The van der Waals surface area contributed by atoms with Gasteiger partial charge < -0.3 is 15.6 Å². The van der Waals surface area contributed by atoms with Gasteiger partial charge in [0.1, 0.15) is 6.04 Å². The molecule has 1 unspecified atom stereocenters. The molecular weight excluding hydrogens is 250 g/mol. The molecular formula is C13H27NO3S. The van der Waals surface area contributed by atoms with Crippen LogP contribution in [0.25, 0.3) is 0 Å². The van der Waals surface area contributed by atoms with E-state index in [0.29, 0.717) is 0 Å². The van der Waals surface area contributed by atoms with Crippen molar-refractivity contribution in [1.82, 2.24) is 0 Å². The highest BCUT2D eigenvalue weighted by molar-refractivity contribution is 7.80. The van der Waals surface area contributed by atoms with Crippen LogP contribution in [0, 0.1) is 0 Å². The van der Waals surface area contributed by atoms with Crippen LogP contribution in [0.2, 0.25) is 0 Å². The third kappa shape index (κ3) is 17.7. The summed E-state index contributed by atoms with van der Waals surface area (Å²) >= 11 is 3.65. The molecule has 0 amide bonds. The molecule has 3 N–H and O–H groups in total. The molecule has 0 aromatic rings. The number of ether oxygens (including phenoxy) is 1. The normalized spacial score (nSPS) is 11.1. The largest absolute Gasteiger partial charge is 0.502 e. The summed E-state index contributed by atoms with van der Waals surface area (Å²) in [6.07, 6.45) is 9.43. The molecule has 0 aliphatic heterocycles. The van der Waals surface area contributed by atoms with Crippen LogP contribution < -0.4 is 5.73 Å². The summed E-state index contributed by atoms with van der Waals surface area (Å²) in [5.74, 6) is -0.815. The molecule has 0 saturated carbocycles. The fourth-order valence-electron chi connectivity index (χ4n) is 1.13. The van der Waals surface area contributed by atoms with Gasteiger partial charge in [-0.1, -0.05) is 45.6 Å². The Morgan fingerprint density at radius 1 is 1.39 bits per heavy atom. The van der Waals surface area contributed by atoms with E-state index in [2.05, 4.69) is 26.1 Å². The Bertz CT molecular complexity index is 201. The highest BCUT2D eigenvalue weighted by atomic mass is 32.1. The molecule has 0 aromatic heterocycles. The number of thiol groups is 1. The van der Waals surface area contributed by atoms with E-state index in [1.807, 2.05) is 0 Å². The molecule has 0 bridgehead atoms. The second-order valence-electron chi connectivity index (χ2n) is 3.93. The average molecular weight is 277 g/mol. The maximum absolute atomic E-state index is 9.76. The fourth-order valence-corrected chi connectivity index (χ4v) is 1.28. The summed E-state index contributed by atoms with van der Waals surface area (Å²) < 4.78 is 5.00. The second-order valence-corrected chi connectivity index (χ2v) is 4.30. The quantitative estimate of drug-likeness (QED) is 0.326. The van der Waals surface area contributed by atoms with Gasteiger partial charge in [-0.2, -0.15) is 12.6 Å². The minimum Gasteiger partial charge on any atom is -0.502 e. The van der Waals surface area contributed by atoms with E-state index in [0.717, 1.165) is 6.61 Å². The number of carbonyl (C=O) groups is 1. The van der Waals surface area contributed by atoms with Crippen LogP contribution in [-0.4, -0.2) is 29.5 Å². The molecule has 4 nitrogen and oxygen atoms in total. The number of rotatable bonds is 10. The zero-order valence-corrected chi connectivity index (χ0v) is 12.2. The number of hydrogen-bond acceptors (Lipinski definition) is 4. The molecule has 1 atom stereocenters. The maximum Gasteiger partial charge on any atom is 0.321 e. The van der Waals surface area contributed by atoms with Crippen molar-refractivity contribution in [2.75, 3.05) is 12.4 Å². The van der Waals surface area contributed by atoms with Crippen molar-refractivity contribution in [3.63, 3.8) is 0 Å². The van der Waals surface area contributed by atoms with Crippen LogP contribution >= 0.6 is 12.6 Å². The van der Waals surface area contributed by atoms with Crippen molar-refractivity contribution >= 4 is 18.6 Å². The third-order valence-corrected chi connectivity index (χ3v) is 2.64. The first-order chi connectivity index (χ1) is 8.59. The van der Waals surface area contributed by atoms with Gasteiger partial charge in [0.2, 0.25) is 0 Å². The molecule has 0 aliphatic carbocycles. The summed E-state index contributed by atoms with van der Waals surface area (Å²) in [5, 5.41) is 8.01. The van der Waals surface area contributed by atoms with E-state index >= 15 is 0 Å². The molecule has 0 spiro atoms. The van der Waals surface area contributed by atoms with Gasteiger partial charge in [-0.05, 0) is 6.42 Å². The van der Waals surface area contributed by atoms with Crippen LogP contribution in [0.1, 0.15) is 45.4 Å². The molecule has 0 aliphatic rings. The molecule has 0 saturated heterocycles. The smallest absolute Gasteiger partial charge is 0.321 e. The van der Waals surface area contributed by atoms with Gasteiger partial charge in [0.25, 0.3) is 0 Å². The second kappa shape index (κ2) is 16.3. The van der Waals surface area contributed by atoms with Gasteiger partial charge in [0.15, 0.2) is 0 Å². The summed E-state index contributed by atoms with van der Waals surface area (Å²) in [7, 11) is 0. The minimum absolute atomic E-state index is 0.190. The summed E-state index contributed by atoms with van der Waals surface area (Å²) in [6, 6.07) is -0.816. The summed E-state index contributed by atoms with van der Waals surface area (Å²) in [5.41, 5.74) is 4.94. The van der Waals surface area contributed by atoms with Crippen molar-refractivity contribution in [2.45, 2.75) is 51.5 Å². The highest BCUT2D eigenvalue weighted by Gasteiger charge is 2.06. The van der Waals surface area contributed by atoms with Crippen LogP contribution in [0.4, 0.5) is 0 Å². The Labute approximate surface area is 116 Å². The van der Waals surface area contributed by atoms with Gasteiger partial charge in [-0.25, -0.2) is 0 Å². The predicted octanol–water partition coefficient (Wildman–Crippen LogP) is 2.84. The van der Waals surface area contributed by atoms with Gasteiger partial charge >= 0.3 is 5.97 Å². The molecule has 18 heavy (non-hydrogen) atoms. The molecule has 0 fully saturated rings. The van der Waals surface area contributed by atoms with E-state index in [-0.39, 0.29) is 5.75 Å². The Kier molecular flexibility index (Phi) is 17.8. The maximum atomic E-state index is 9.76. The summed E-state index contributed by atoms with van der Waals surface area (Å²) in [6.45, 7) is 6.57. The van der Waals surface area contributed by atoms with Crippen LogP contribution in [0.3, 0.4) is 0 Å². The topological polar surface area (TPSA) is 72.5 Å². The zero-order chi connectivity index (χ0) is 14.2. The van der Waals surface area contributed by atoms with E-state index in [9.17, 15) is 4.79 Å². The number of unbranched alkanes of at least 4 members (excludes halogenated alkanes) is 5. The molecule has 0 aromatic carbocycles. The Hall–Kier alpha value is -0.680. The van der Waals surface area contributed by atoms with Gasteiger partial charge in [-0.15, -0.1) is 0 Å². The van der Waals surface area contributed by atoms with Crippen molar-refractivity contribution in [1.29, 1.82) is 0 Å². The fraction of sp³-hybridized carbons (Fsp3) is 0.769. The standard InChI is InChI=1S/C10H20O.C3H7NO2S/c1-3-5-6-7-8-9-10-11-4-2;4-2(1-7)3(5)6/h4H,2-3,5-10H2,1H3;2,7H,1,4H2,(H,5,6). The first kappa shape index (κ1) is 19.7. The number of aliphatic carboxylic acids is 1. The lowest BCUT2D eigenvalue weighted by atomic mass is 10.1. The Morgan fingerprint density at radius 2 is 1.94 bits per heavy atom. The Morgan fingerprint density at radius 3 is 2.33 bits per heavy atom. The van der Waals surface area contributed by atoms with Crippen molar-refractivity contribution < 1.29 is 14.6 Å². The van der Waals surface area contributed by atoms with Gasteiger partial charge in [0.05, 0.1) is 12.9 Å². The SMILES string of the molecule is C=COCCCCCCCC.NC(CS)C(=O)O. The minimum atomic E-state index is -1.00. The molecule has 0 heterocycles. The number of hydrogen-bond donors (Lipinski definition) is 3. The van der Waals surface area contributed by atoms with E-state index in [4.69, 9.17) is 15.6 Å². The number of nitrogens with two attached hydrogens (primary N) is 1. The lowest BCUT2D eigenvalue weighted by molar-refractivity contribution is -0.137. The first-order valence-electron chi connectivity index (χ1n) is 6.41. The van der Waals surface area contributed by atoms with E-state index in [1.165, 1.54) is 44.8 Å². The lowest BCUT2D eigenvalue weighted by Crippen LogP contribution is -2.31. The zero-order valence-electron chi connectivity index (χ0n) is 11.3. The van der Waals surface area contributed by atoms with E-state index in [1.54, 1.807) is 0 Å². The van der Waals surface area contributed by atoms with Crippen molar-refractivity contribution in [2.24, 2.45) is 5.73 Å². The highest BCUT2D eigenvalue weighted by Crippen LogP contribution is 2.04. The summed E-state index contributed by atoms with van der Waals surface area (Å²) in [4.78, 5) is 9.76. The van der Waals surface area contributed by atoms with Crippen molar-refractivity contribution in [3.8, 4) is 0 Å².